The number of aryl methyl sites for hydroxylation is 1. The van der Waals surface area contributed by atoms with Gasteiger partial charge in [0.2, 0.25) is 0 Å². The lowest BCUT2D eigenvalue weighted by Gasteiger charge is -2.22. The van der Waals surface area contributed by atoms with Crippen molar-refractivity contribution in [3.63, 3.8) is 0 Å². The second-order valence-corrected chi connectivity index (χ2v) is 9.38. The summed E-state index contributed by atoms with van der Waals surface area (Å²) in [4.78, 5) is 28.7. The van der Waals surface area contributed by atoms with Crippen molar-refractivity contribution >= 4 is 40.1 Å². The van der Waals surface area contributed by atoms with Crippen molar-refractivity contribution in [2.45, 2.75) is 51.4 Å². The number of halogens is 1. The zero-order valence-electron chi connectivity index (χ0n) is 20.2. The fourth-order valence-corrected chi connectivity index (χ4v) is 4.76. The van der Waals surface area contributed by atoms with Crippen LogP contribution in [0.4, 0.5) is 5.69 Å². The Labute approximate surface area is 211 Å². The summed E-state index contributed by atoms with van der Waals surface area (Å²) in [5.74, 6) is -0.537. The molecule has 3 aromatic rings. The number of fused-ring (bicyclic) bond motifs is 2. The second-order valence-electron chi connectivity index (χ2n) is 8.95. The first-order valence-electron chi connectivity index (χ1n) is 12.4. The molecular weight excluding hydrogens is 462 g/mol. The Kier molecular flexibility index (Phi) is 8.59. The van der Waals surface area contributed by atoms with Crippen LogP contribution in [0.25, 0.3) is 10.9 Å². The molecule has 0 aliphatic heterocycles. The zero-order valence-corrected chi connectivity index (χ0v) is 20.9. The van der Waals surface area contributed by atoms with Gasteiger partial charge in [0.25, 0.3) is 5.91 Å². The predicted octanol–water partition coefficient (Wildman–Crippen LogP) is 5.96. The average molecular weight is 494 g/mol. The normalized spacial score (nSPS) is 12.7. The van der Waals surface area contributed by atoms with Crippen molar-refractivity contribution < 1.29 is 14.3 Å². The maximum Gasteiger partial charge on any atom is 0.337 e. The number of hydrogen-bond acceptors (Lipinski definition) is 5. The van der Waals surface area contributed by atoms with Gasteiger partial charge in [0, 0.05) is 40.4 Å². The molecule has 2 aromatic carbocycles. The van der Waals surface area contributed by atoms with Crippen LogP contribution in [0.2, 0.25) is 5.02 Å². The Bertz CT molecular complexity index is 1190. The molecule has 1 amide bonds. The molecule has 184 valence electrons. The van der Waals surface area contributed by atoms with Crippen LogP contribution < -0.4 is 10.6 Å². The van der Waals surface area contributed by atoms with E-state index >= 15 is 0 Å². The molecule has 1 heterocycles. The molecule has 1 aromatic heterocycles. The van der Waals surface area contributed by atoms with Gasteiger partial charge in [-0.25, -0.2) is 4.79 Å². The van der Waals surface area contributed by atoms with Gasteiger partial charge in [-0.05, 0) is 86.6 Å². The predicted molar refractivity (Wildman–Crippen MR) is 140 cm³/mol. The maximum absolute atomic E-state index is 12.3. The molecule has 1 aliphatic rings. The van der Waals surface area contributed by atoms with Crippen LogP contribution in [0.1, 0.15) is 70.5 Å². The van der Waals surface area contributed by atoms with E-state index in [1.807, 2.05) is 12.1 Å². The quantitative estimate of drug-likeness (QED) is 0.269. The average Bonchev–Trinajstić information content (AvgIpc) is 2.88. The van der Waals surface area contributed by atoms with Gasteiger partial charge < -0.3 is 15.4 Å². The van der Waals surface area contributed by atoms with Gasteiger partial charge in [0.15, 0.2) is 0 Å². The largest absolute Gasteiger partial charge is 0.465 e. The lowest BCUT2D eigenvalue weighted by Crippen LogP contribution is -2.24. The minimum Gasteiger partial charge on any atom is -0.465 e. The van der Waals surface area contributed by atoms with Gasteiger partial charge in [-0.2, -0.15) is 0 Å². The Morgan fingerprint density at radius 3 is 2.43 bits per heavy atom. The SMILES string of the molecule is COC(=O)c1ccc(C(=O)NCCCCCCNc2c3c(nc4cc(Cl)ccc24)CCCC3)cc1. The van der Waals surface area contributed by atoms with Gasteiger partial charge in [-0.15, -0.1) is 0 Å². The van der Waals surface area contributed by atoms with Crippen LogP contribution >= 0.6 is 11.6 Å². The number of rotatable bonds is 10. The highest BCUT2D eigenvalue weighted by molar-refractivity contribution is 6.31. The van der Waals surface area contributed by atoms with E-state index in [2.05, 4.69) is 21.4 Å². The monoisotopic (exact) mass is 493 g/mol. The van der Waals surface area contributed by atoms with Crippen LogP contribution in [-0.2, 0) is 17.6 Å². The molecular formula is C28H32ClN3O3. The van der Waals surface area contributed by atoms with E-state index in [0.29, 0.717) is 17.7 Å². The van der Waals surface area contributed by atoms with E-state index in [9.17, 15) is 9.59 Å². The Balaban J connectivity index is 1.20. The minimum atomic E-state index is -0.409. The van der Waals surface area contributed by atoms with Gasteiger partial charge >= 0.3 is 5.97 Å². The zero-order chi connectivity index (χ0) is 24.6. The highest BCUT2D eigenvalue weighted by atomic mass is 35.5. The number of unbranched alkanes of at least 4 members (excludes halogenated alkanes) is 3. The number of esters is 1. The second kappa shape index (κ2) is 12.0. The van der Waals surface area contributed by atoms with E-state index in [4.69, 9.17) is 16.6 Å². The van der Waals surface area contributed by atoms with Crippen molar-refractivity contribution in [2.24, 2.45) is 0 Å². The first-order valence-corrected chi connectivity index (χ1v) is 12.8. The standard InChI is InChI=1S/C28H32ClN3O3/c1-35-28(34)20-12-10-19(11-13-20)27(33)31-17-7-3-2-6-16-30-26-22-8-4-5-9-24(22)32-25-18-21(29)14-15-23(25)26/h10-15,18H,2-9,16-17H2,1H3,(H,30,32)(H,31,33). The summed E-state index contributed by atoms with van der Waals surface area (Å²) >= 11 is 6.22. The molecule has 0 fully saturated rings. The molecule has 4 rings (SSSR count). The third kappa shape index (κ3) is 6.31. The summed E-state index contributed by atoms with van der Waals surface area (Å²) in [6, 6.07) is 12.5. The molecule has 35 heavy (non-hydrogen) atoms. The van der Waals surface area contributed by atoms with E-state index in [-0.39, 0.29) is 5.91 Å². The van der Waals surface area contributed by atoms with Gasteiger partial charge in [0.05, 0.1) is 18.2 Å². The van der Waals surface area contributed by atoms with Crippen molar-refractivity contribution in [1.29, 1.82) is 0 Å². The summed E-state index contributed by atoms with van der Waals surface area (Å²) in [5, 5.41) is 8.52. The van der Waals surface area contributed by atoms with Crippen LogP contribution in [0.3, 0.4) is 0 Å². The number of hydrogen-bond donors (Lipinski definition) is 2. The molecule has 2 N–H and O–H groups in total. The molecule has 0 saturated carbocycles. The number of nitrogens with one attached hydrogen (secondary N) is 2. The molecule has 0 saturated heterocycles. The number of anilines is 1. The molecule has 0 radical (unpaired) electrons. The van der Waals surface area contributed by atoms with Crippen LogP contribution in [0.15, 0.2) is 42.5 Å². The number of ether oxygens (including phenoxy) is 1. The highest BCUT2D eigenvalue weighted by Crippen LogP contribution is 2.34. The molecule has 6 nitrogen and oxygen atoms in total. The van der Waals surface area contributed by atoms with Crippen LogP contribution in [-0.4, -0.2) is 37.1 Å². The number of pyridine rings is 1. The fraction of sp³-hybridized carbons (Fsp3) is 0.393. The van der Waals surface area contributed by atoms with Crippen molar-refractivity contribution in [3.8, 4) is 0 Å². The van der Waals surface area contributed by atoms with Crippen LogP contribution in [0.5, 0.6) is 0 Å². The van der Waals surface area contributed by atoms with Crippen LogP contribution in [0, 0.1) is 0 Å². The number of benzene rings is 2. The summed E-state index contributed by atoms with van der Waals surface area (Å²) in [5.41, 5.74) is 5.75. The summed E-state index contributed by atoms with van der Waals surface area (Å²) in [6.45, 7) is 1.54. The molecule has 0 spiro atoms. The fourth-order valence-electron chi connectivity index (χ4n) is 4.60. The smallest absolute Gasteiger partial charge is 0.337 e. The molecule has 0 unspecified atom stereocenters. The van der Waals surface area contributed by atoms with E-state index in [1.54, 1.807) is 24.3 Å². The van der Waals surface area contributed by atoms with E-state index < -0.39 is 5.97 Å². The minimum absolute atomic E-state index is 0.127. The Morgan fingerprint density at radius 1 is 0.943 bits per heavy atom. The molecule has 7 heteroatoms. The number of methoxy groups -OCH3 is 1. The molecule has 1 aliphatic carbocycles. The van der Waals surface area contributed by atoms with E-state index in [1.165, 1.54) is 36.9 Å². The Hall–Kier alpha value is -3.12. The maximum atomic E-state index is 12.3. The Morgan fingerprint density at radius 2 is 1.66 bits per heavy atom. The lowest BCUT2D eigenvalue weighted by atomic mass is 9.92. The number of carbonyl (C=O) groups excluding carboxylic acids is 2. The third-order valence-corrected chi connectivity index (χ3v) is 6.72. The van der Waals surface area contributed by atoms with Crippen molar-refractivity contribution in [1.82, 2.24) is 10.3 Å². The van der Waals surface area contributed by atoms with Gasteiger partial charge in [-0.3, -0.25) is 9.78 Å². The van der Waals surface area contributed by atoms with Crippen molar-refractivity contribution in [3.05, 3.63) is 69.9 Å². The number of carbonyl (C=O) groups is 2. The van der Waals surface area contributed by atoms with Gasteiger partial charge in [0.1, 0.15) is 0 Å². The molecule has 0 atom stereocenters. The van der Waals surface area contributed by atoms with Crippen molar-refractivity contribution in [2.75, 3.05) is 25.5 Å². The van der Waals surface area contributed by atoms with E-state index in [0.717, 1.165) is 61.0 Å². The highest BCUT2D eigenvalue weighted by Gasteiger charge is 2.18. The summed E-state index contributed by atoms with van der Waals surface area (Å²) in [7, 11) is 1.34. The topological polar surface area (TPSA) is 80.3 Å². The number of aromatic nitrogens is 1. The molecule has 0 bridgehead atoms. The first-order chi connectivity index (χ1) is 17.1. The summed E-state index contributed by atoms with van der Waals surface area (Å²) in [6.07, 6.45) is 8.65. The lowest BCUT2D eigenvalue weighted by molar-refractivity contribution is 0.0600. The first kappa shape index (κ1) is 25.0. The number of amides is 1. The summed E-state index contributed by atoms with van der Waals surface area (Å²) < 4.78 is 4.68. The third-order valence-electron chi connectivity index (χ3n) is 6.48. The van der Waals surface area contributed by atoms with Gasteiger partial charge in [-0.1, -0.05) is 24.4 Å². The number of nitrogens with zero attached hydrogens (tertiary/aromatic N) is 1.